The third-order valence-electron chi connectivity index (χ3n) is 5.01. The van der Waals surface area contributed by atoms with Gasteiger partial charge >= 0.3 is 59.2 Å². The van der Waals surface area contributed by atoms with Crippen molar-refractivity contribution in [1.29, 1.82) is 0 Å². The second kappa shape index (κ2) is 6.87. The first-order valence-electron chi connectivity index (χ1n) is 7.91. The van der Waals surface area contributed by atoms with Crippen LogP contribution in [0.4, 0.5) is 96.6 Å². The van der Waals surface area contributed by atoms with E-state index in [0.717, 1.165) is 0 Å². The van der Waals surface area contributed by atoms with Gasteiger partial charge in [0.1, 0.15) is 11.1 Å². The highest BCUT2D eigenvalue weighted by atomic mass is 19.4. The summed E-state index contributed by atoms with van der Waals surface area (Å²) >= 11 is 0. The summed E-state index contributed by atoms with van der Waals surface area (Å²) < 4.78 is 291. The highest BCUT2D eigenvalue weighted by Crippen LogP contribution is 2.70. The molecule has 0 spiro atoms. The molecular formula is C14F22. The van der Waals surface area contributed by atoms with Gasteiger partial charge in [-0.2, -0.15) is 87.8 Å². The van der Waals surface area contributed by atoms with Gasteiger partial charge in [-0.15, -0.1) is 0 Å². The zero-order chi connectivity index (χ0) is 29.3. The average Bonchev–Trinajstić information content (AvgIpc) is 2.66. The van der Waals surface area contributed by atoms with E-state index in [4.69, 9.17) is 0 Å². The van der Waals surface area contributed by atoms with Crippen molar-refractivity contribution in [3.63, 3.8) is 0 Å². The fourth-order valence-corrected chi connectivity index (χ4v) is 2.83. The monoisotopic (exact) mass is 586 g/mol. The van der Waals surface area contributed by atoms with Crippen LogP contribution < -0.4 is 0 Å². The van der Waals surface area contributed by atoms with Gasteiger partial charge in [0.05, 0.1) is 0 Å². The van der Waals surface area contributed by atoms with Gasteiger partial charge in [-0.3, -0.25) is 0 Å². The highest BCUT2D eigenvalue weighted by Gasteiger charge is 2.95. The molecule has 0 amide bonds. The summed E-state index contributed by atoms with van der Waals surface area (Å²) in [6.07, 6.45) is 0. The summed E-state index contributed by atoms with van der Waals surface area (Å²) in [4.78, 5) is 0. The first-order chi connectivity index (χ1) is 15.3. The van der Waals surface area contributed by atoms with Crippen LogP contribution in [-0.2, 0) is 0 Å². The number of rotatable bonds is 7. The standard InChI is InChI=1S/C14F22/c15-3-1(5(17,18)9(3,25)26)7(21,22)11(29,30)13(33,34)14(35,36)12(31,32)8(23,24)2-4(16)10(27,28)6(2,19)20. The maximum atomic E-state index is 13.6. The van der Waals surface area contributed by atoms with Gasteiger partial charge in [0.25, 0.3) is 0 Å². The van der Waals surface area contributed by atoms with Gasteiger partial charge in [-0.1, -0.05) is 0 Å². The van der Waals surface area contributed by atoms with Gasteiger partial charge < -0.3 is 0 Å². The maximum absolute atomic E-state index is 13.6. The van der Waals surface area contributed by atoms with Gasteiger partial charge in [0, 0.05) is 0 Å². The van der Waals surface area contributed by atoms with Crippen LogP contribution in [0.25, 0.3) is 0 Å². The van der Waals surface area contributed by atoms with E-state index in [9.17, 15) is 96.6 Å². The fourth-order valence-electron chi connectivity index (χ4n) is 2.83. The molecule has 36 heavy (non-hydrogen) atoms. The molecule has 0 aromatic carbocycles. The molecule has 0 fully saturated rings. The lowest BCUT2D eigenvalue weighted by Crippen LogP contribution is -2.74. The van der Waals surface area contributed by atoms with E-state index >= 15 is 0 Å². The van der Waals surface area contributed by atoms with Crippen molar-refractivity contribution in [2.75, 3.05) is 0 Å². The molecule has 22 heteroatoms. The van der Waals surface area contributed by atoms with Crippen molar-refractivity contribution in [3.8, 4) is 0 Å². The summed E-state index contributed by atoms with van der Waals surface area (Å²) in [5, 5.41) is 0. The Balaban J connectivity index is 2.71. The van der Waals surface area contributed by atoms with Crippen LogP contribution in [0.3, 0.4) is 0 Å². The number of alkyl halides is 20. The van der Waals surface area contributed by atoms with E-state index in [1.807, 2.05) is 0 Å². The molecule has 0 bridgehead atoms. The third kappa shape index (κ3) is 2.78. The maximum Gasteiger partial charge on any atom is 0.385 e. The van der Waals surface area contributed by atoms with Crippen LogP contribution in [0.2, 0.25) is 0 Å². The molecule has 0 nitrogen and oxygen atoms in total. The summed E-state index contributed by atoms with van der Waals surface area (Å²) in [7, 11) is 0. The molecule has 2 aliphatic carbocycles. The molecule has 0 unspecified atom stereocenters. The Bertz CT molecular complexity index is 939. The number of hydrogen-bond acceptors (Lipinski definition) is 0. The van der Waals surface area contributed by atoms with Crippen molar-refractivity contribution in [1.82, 2.24) is 0 Å². The number of allylic oxidation sites excluding steroid dienone is 4. The molecule has 0 aliphatic heterocycles. The molecule has 210 valence electrons. The van der Waals surface area contributed by atoms with Crippen LogP contribution >= 0.6 is 0 Å². The second-order valence-electron chi connectivity index (χ2n) is 7.12. The summed E-state index contributed by atoms with van der Waals surface area (Å²) in [6, 6.07) is 0. The van der Waals surface area contributed by atoms with Crippen molar-refractivity contribution < 1.29 is 96.6 Å². The number of hydrogen-bond donors (Lipinski definition) is 0. The summed E-state index contributed by atoms with van der Waals surface area (Å²) in [5.74, 6) is -86.5. The van der Waals surface area contributed by atoms with Gasteiger partial charge in [-0.25, -0.2) is 8.78 Å². The van der Waals surface area contributed by atoms with E-state index in [2.05, 4.69) is 0 Å². The molecule has 2 aliphatic rings. The topological polar surface area (TPSA) is 0 Å². The van der Waals surface area contributed by atoms with Crippen molar-refractivity contribution >= 4 is 0 Å². The van der Waals surface area contributed by atoms with E-state index in [-0.39, 0.29) is 0 Å². The second-order valence-corrected chi connectivity index (χ2v) is 7.12. The van der Waals surface area contributed by atoms with Crippen LogP contribution in [0.1, 0.15) is 0 Å². The first kappa shape index (κ1) is 30.2. The third-order valence-corrected chi connectivity index (χ3v) is 5.01. The Hall–Kier alpha value is -2.06. The summed E-state index contributed by atoms with van der Waals surface area (Å²) in [6.45, 7) is 0. The summed E-state index contributed by atoms with van der Waals surface area (Å²) in [5.41, 5.74) is -9.34. The van der Waals surface area contributed by atoms with Crippen LogP contribution in [-0.4, -0.2) is 59.2 Å². The fraction of sp³-hybridized carbons (Fsp3) is 0.714. The minimum atomic E-state index is -8.89. The Morgan fingerprint density at radius 1 is 0.333 bits per heavy atom. The minimum Gasteiger partial charge on any atom is -0.204 e. The van der Waals surface area contributed by atoms with Gasteiger partial charge in [-0.05, 0) is 0 Å². The zero-order valence-electron chi connectivity index (χ0n) is 15.3. The van der Waals surface area contributed by atoms with E-state index in [1.54, 1.807) is 0 Å². The Kier molecular flexibility index (Phi) is 5.76. The lowest BCUT2D eigenvalue weighted by atomic mass is 9.76. The molecule has 0 saturated heterocycles. The highest BCUT2D eigenvalue weighted by molar-refractivity contribution is 5.48. The Morgan fingerprint density at radius 3 is 0.694 bits per heavy atom. The van der Waals surface area contributed by atoms with Crippen LogP contribution in [0, 0.1) is 0 Å². The molecule has 0 N–H and O–H groups in total. The van der Waals surface area contributed by atoms with E-state index in [1.165, 1.54) is 0 Å². The van der Waals surface area contributed by atoms with E-state index < -0.39 is 82.0 Å². The van der Waals surface area contributed by atoms with Crippen molar-refractivity contribution in [2.45, 2.75) is 59.2 Å². The Morgan fingerprint density at radius 2 is 0.528 bits per heavy atom. The Labute approximate surface area is 180 Å². The normalized spacial score (nSPS) is 24.5. The van der Waals surface area contributed by atoms with Crippen LogP contribution in [0.15, 0.2) is 22.8 Å². The molecule has 0 aromatic heterocycles. The predicted molar refractivity (Wildman–Crippen MR) is 65.7 cm³/mol. The molecule has 0 radical (unpaired) electrons. The lowest BCUT2D eigenvalue weighted by molar-refractivity contribution is -0.424. The number of halogens is 22. The van der Waals surface area contributed by atoms with Gasteiger partial charge in [0.2, 0.25) is 0 Å². The minimum absolute atomic E-state index is 4.35. The molecular weight excluding hydrogens is 586 g/mol. The van der Waals surface area contributed by atoms with Crippen LogP contribution in [0.5, 0.6) is 0 Å². The SMILES string of the molecule is FC1=C(C(F)(F)C(F)(F)C(F)(F)C(F)(F)C(F)(F)C(F)(F)C2=C(F)C(F)(F)C2(F)F)C(F)(F)C1(F)F. The zero-order valence-corrected chi connectivity index (χ0v) is 15.3. The molecule has 0 aromatic rings. The van der Waals surface area contributed by atoms with Gasteiger partial charge in [0.15, 0.2) is 11.7 Å². The average molecular weight is 586 g/mol. The largest absolute Gasteiger partial charge is 0.385 e. The predicted octanol–water partition coefficient (Wildman–Crippen LogP) is 7.81. The molecule has 0 heterocycles. The first-order valence-corrected chi connectivity index (χ1v) is 7.91. The van der Waals surface area contributed by atoms with E-state index in [0.29, 0.717) is 0 Å². The molecule has 0 atom stereocenters. The van der Waals surface area contributed by atoms with Crippen molar-refractivity contribution in [3.05, 3.63) is 22.8 Å². The quantitative estimate of drug-likeness (QED) is 0.267. The smallest absolute Gasteiger partial charge is 0.204 e. The molecule has 2 rings (SSSR count). The molecule has 0 saturated carbocycles. The lowest BCUT2D eigenvalue weighted by Gasteiger charge is -2.47. The van der Waals surface area contributed by atoms with Crippen molar-refractivity contribution in [2.24, 2.45) is 0 Å².